The predicted octanol–water partition coefficient (Wildman–Crippen LogP) is 8.85. The van der Waals surface area contributed by atoms with Crippen LogP contribution in [-0.4, -0.2) is 71.3 Å². The summed E-state index contributed by atoms with van der Waals surface area (Å²) in [5.41, 5.74) is -0.320. The third-order valence-electron chi connectivity index (χ3n) is 5.90. The van der Waals surface area contributed by atoms with E-state index in [9.17, 15) is 92.2 Å². The molecule has 0 aromatic heterocycles. The van der Waals surface area contributed by atoms with Crippen molar-refractivity contribution in [3.63, 3.8) is 0 Å². The van der Waals surface area contributed by atoms with Gasteiger partial charge in [0.15, 0.2) is 0 Å². The third kappa shape index (κ3) is 5.00. The molecule has 2 rings (SSSR count). The maximum atomic E-state index is 14.2. The Hall–Kier alpha value is -2.78. The standard InChI is InChI=1S/C20H10F21NO/c21-11(22,7-9-6-10(42-43-9)8-4-2-1-3-5-8)12(23,24)13(25,26)14(27,28)15(29,30)16(31,32)17(33,34)18(35,36)19(37,38)20(39,40)41/h1-5,9H,6-7H2. The van der Waals surface area contributed by atoms with Crippen LogP contribution in [0.1, 0.15) is 18.4 Å². The highest BCUT2D eigenvalue weighted by Gasteiger charge is 2.97. The number of hydrogen-bond acceptors (Lipinski definition) is 2. The Balaban J connectivity index is 2.48. The number of oxime groups is 1. The Morgan fingerprint density at radius 3 is 1.23 bits per heavy atom. The molecular weight excluding hydrogens is 669 g/mol. The Bertz CT molecular complexity index is 1190. The molecule has 0 amide bonds. The summed E-state index contributed by atoms with van der Waals surface area (Å²) >= 11 is 0. The van der Waals surface area contributed by atoms with Crippen molar-refractivity contribution in [3.05, 3.63) is 35.9 Å². The number of hydrogen-bond donors (Lipinski definition) is 0. The zero-order chi connectivity index (χ0) is 34.1. The van der Waals surface area contributed by atoms with Gasteiger partial charge in [-0.15, -0.1) is 0 Å². The zero-order valence-corrected chi connectivity index (χ0v) is 19.7. The van der Waals surface area contributed by atoms with E-state index in [0.717, 1.165) is 0 Å². The van der Waals surface area contributed by atoms with Crippen molar-refractivity contribution in [1.29, 1.82) is 0 Å². The number of benzene rings is 1. The van der Waals surface area contributed by atoms with Crippen LogP contribution in [0.15, 0.2) is 35.5 Å². The summed E-state index contributed by atoms with van der Waals surface area (Å²) in [6.07, 6.45) is -14.3. The van der Waals surface area contributed by atoms with E-state index < -0.39 is 78.4 Å². The second kappa shape index (κ2) is 10.1. The predicted molar refractivity (Wildman–Crippen MR) is 97.7 cm³/mol. The SMILES string of the molecule is FC(F)(F)C(F)(F)C(F)(F)C(F)(F)C(F)(F)C(F)(F)C(F)(F)C(F)(F)C(F)(F)C(F)(F)CC1CC(c2ccccc2)=NO1. The smallest absolute Gasteiger partial charge is 0.392 e. The molecule has 1 heterocycles. The van der Waals surface area contributed by atoms with Crippen molar-refractivity contribution in [1.82, 2.24) is 0 Å². The molecule has 1 unspecified atom stereocenters. The molecule has 23 heteroatoms. The fraction of sp³-hybridized carbons (Fsp3) is 0.650. The highest BCUT2D eigenvalue weighted by atomic mass is 19.4. The average molecular weight is 679 g/mol. The molecule has 2 nitrogen and oxygen atoms in total. The molecule has 0 radical (unpaired) electrons. The van der Waals surface area contributed by atoms with E-state index in [-0.39, 0.29) is 11.3 Å². The molecule has 0 N–H and O–H groups in total. The second-order valence-corrected chi connectivity index (χ2v) is 8.84. The van der Waals surface area contributed by atoms with E-state index in [4.69, 9.17) is 0 Å². The van der Waals surface area contributed by atoms with E-state index in [1.54, 1.807) is 0 Å². The Morgan fingerprint density at radius 1 is 0.512 bits per heavy atom. The Morgan fingerprint density at radius 2 is 0.860 bits per heavy atom. The van der Waals surface area contributed by atoms with Gasteiger partial charge in [0.05, 0.1) is 12.1 Å². The number of halogens is 21. The fourth-order valence-electron chi connectivity index (χ4n) is 3.34. The molecular formula is C20H10F21NO. The van der Waals surface area contributed by atoms with E-state index in [1.807, 2.05) is 0 Å². The van der Waals surface area contributed by atoms with Crippen molar-refractivity contribution >= 4 is 5.71 Å². The van der Waals surface area contributed by atoms with Crippen LogP contribution < -0.4 is 0 Å². The van der Waals surface area contributed by atoms with Gasteiger partial charge < -0.3 is 4.84 Å². The van der Waals surface area contributed by atoms with Crippen LogP contribution in [0.5, 0.6) is 0 Å². The molecule has 1 aliphatic rings. The van der Waals surface area contributed by atoms with Crippen molar-refractivity contribution in [3.8, 4) is 0 Å². The lowest BCUT2D eigenvalue weighted by molar-refractivity contribution is -0.474. The minimum Gasteiger partial charge on any atom is -0.392 e. The van der Waals surface area contributed by atoms with Gasteiger partial charge in [-0.3, -0.25) is 0 Å². The van der Waals surface area contributed by atoms with Gasteiger partial charge in [-0.2, -0.15) is 92.2 Å². The van der Waals surface area contributed by atoms with Crippen molar-refractivity contribution in [2.75, 3.05) is 0 Å². The number of nitrogens with zero attached hydrogens (tertiary/aromatic N) is 1. The van der Waals surface area contributed by atoms with E-state index in [0.29, 0.717) is 0 Å². The lowest BCUT2D eigenvalue weighted by Gasteiger charge is -2.44. The average Bonchev–Trinajstić information content (AvgIpc) is 3.30. The summed E-state index contributed by atoms with van der Waals surface area (Å²) in [6.45, 7) is 0. The summed E-state index contributed by atoms with van der Waals surface area (Å²) in [4.78, 5) is 4.24. The minimum absolute atomic E-state index is 0.0349. The molecule has 0 bridgehead atoms. The maximum absolute atomic E-state index is 14.2. The molecule has 0 saturated carbocycles. The van der Waals surface area contributed by atoms with Gasteiger partial charge in [-0.25, -0.2) is 0 Å². The van der Waals surface area contributed by atoms with Crippen LogP contribution in [0.25, 0.3) is 0 Å². The van der Waals surface area contributed by atoms with Crippen LogP contribution in [0.3, 0.4) is 0 Å². The Labute approximate surface area is 223 Å². The van der Waals surface area contributed by atoms with Gasteiger partial charge in [0.2, 0.25) is 0 Å². The fourth-order valence-corrected chi connectivity index (χ4v) is 3.34. The summed E-state index contributed by atoms with van der Waals surface area (Å²) in [5, 5.41) is 3.11. The molecule has 1 aromatic rings. The quantitative estimate of drug-likeness (QED) is 0.214. The largest absolute Gasteiger partial charge is 0.460 e. The summed E-state index contributed by atoms with van der Waals surface area (Å²) in [7, 11) is 0. The number of rotatable bonds is 11. The molecule has 1 aromatic carbocycles. The lowest BCUT2D eigenvalue weighted by atomic mass is 9.85. The van der Waals surface area contributed by atoms with Crippen LogP contribution in [0, 0.1) is 0 Å². The van der Waals surface area contributed by atoms with Gasteiger partial charge in [-0.05, 0) is 5.56 Å². The first-order valence-electron chi connectivity index (χ1n) is 10.5. The molecule has 43 heavy (non-hydrogen) atoms. The summed E-state index contributed by atoms with van der Waals surface area (Å²) < 4.78 is 283. The van der Waals surface area contributed by atoms with Gasteiger partial charge in [0, 0.05) is 6.42 Å². The van der Waals surface area contributed by atoms with Gasteiger partial charge in [0.25, 0.3) is 0 Å². The van der Waals surface area contributed by atoms with Gasteiger partial charge in [-0.1, -0.05) is 35.5 Å². The first kappa shape index (κ1) is 36.4. The van der Waals surface area contributed by atoms with Gasteiger partial charge in [0.1, 0.15) is 6.10 Å². The van der Waals surface area contributed by atoms with Crippen molar-refractivity contribution in [2.45, 2.75) is 78.4 Å². The van der Waals surface area contributed by atoms with Gasteiger partial charge >= 0.3 is 59.5 Å². The number of alkyl halides is 21. The molecule has 1 aliphatic heterocycles. The van der Waals surface area contributed by atoms with Crippen LogP contribution >= 0.6 is 0 Å². The van der Waals surface area contributed by atoms with Crippen molar-refractivity contribution in [2.24, 2.45) is 5.16 Å². The van der Waals surface area contributed by atoms with E-state index in [1.165, 1.54) is 30.3 Å². The minimum atomic E-state index is -9.19. The Kier molecular flexibility index (Phi) is 8.57. The third-order valence-corrected chi connectivity index (χ3v) is 5.90. The maximum Gasteiger partial charge on any atom is 0.460 e. The highest BCUT2D eigenvalue weighted by molar-refractivity contribution is 6.01. The second-order valence-electron chi connectivity index (χ2n) is 8.84. The molecule has 0 spiro atoms. The van der Waals surface area contributed by atoms with Crippen molar-refractivity contribution < 1.29 is 97.0 Å². The highest BCUT2D eigenvalue weighted by Crippen LogP contribution is 2.66. The molecule has 0 aliphatic carbocycles. The molecule has 0 fully saturated rings. The van der Waals surface area contributed by atoms with E-state index >= 15 is 0 Å². The molecule has 1 atom stereocenters. The first-order chi connectivity index (χ1) is 18.8. The van der Waals surface area contributed by atoms with Crippen LogP contribution in [0.4, 0.5) is 92.2 Å². The topological polar surface area (TPSA) is 21.6 Å². The molecule has 248 valence electrons. The summed E-state index contributed by atoms with van der Waals surface area (Å²) in [6, 6.07) is 6.41. The van der Waals surface area contributed by atoms with Crippen LogP contribution in [-0.2, 0) is 4.84 Å². The van der Waals surface area contributed by atoms with E-state index in [2.05, 4.69) is 9.99 Å². The normalized spacial score (nSPS) is 18.9. The van der Waals surface area contributed by atoms with Crippen LogP contribution in [0.2, 0.25) is 0 Å². The zero-order valence-electron chi connectivity index (χ0n) is 19.7. The monoisotopic (exact) mass is 679 g/mol. The summed E-state index contributed by atoms with van der Waals surface area (Å²) in [5.74, 6) is -77.1. The molecule has 0 saturated heterocycles. The first-order valence-corrected chi connectivity index (χ1v) is 10.5. The lowest BCUT2D eigenvalue weighted by Crippen LogP contribution is -2.76.